The van der Waals surface area contributed by atoms with Gasteiger partial charge in [0.25, 0.3) is 5.91 Å². The van der Waals surface area contributed by atoms with Crippen molar-refractivity contribution < 1.29 is 4.79 Å². The summed E-state index contributed by atoms with van der Waals surface area (Å²) in [6.45, 7) is 3.93. The SMILES string of the molecule is CCNC(=O)c1cccc(CNC(=NC)NCC2(c3cccc(Cl)c3)CC2)c1.I. The molecule has 1 amide bonds. The maximum atomic E-state index is 12.0. The van der Waals surface area contributed by atoms with E-state index in [1.807, 2.05) is 43.3 Å². The van der Waals surface area contributed by atoms with Gasteiger partial charge in [-0.2, -0.15) is 0 Å². The van der Waals surface area contributed by atoms with Crippen molar-refractivity contribution in [2.24, 2.45) is 4.99 Å². The third-order valence-corrected chi connectivity index (χ3v) is 5.33. The standard InChI is InChI=1S/C22H27ClN4O.HI/c1-3-25-20(28)17-7-4-6-16(12-17)14-26-21(24-2)27-15-22(10-11-22)18-8-5-9-19(23)13-18;/h4-9,12-13H,3,10-11,14-15H2,1-2H3,(H,25,28)(H2,24,26,27);1H. The molecule has 1 saturated carbocycles. The van der Waals surface area contributed by atoms with Gasteiger partial charge in [-0.1, -0.05) is 35.9 Å². The molecule has 3 rings (SSSR count). The first-order valence-electron chi connectivity index (χ1n) is 9.64. The van der Waals surface area contributed by atoms with Gasteiger partial charge in [0.2, 0.25) is 0 Å². The summed E-state index contributed by atoms with van der Waals surface area (Å²) >= 11 is 6.16. The van der Waals surface area contributed by atoms with Gasteiger partial charge >= 0.3 is 0 Å². The molecule has 1 fully saturated rings. The fourth-order valence-corrected chi connectivity index (χ4v) is 3.47. The predicted octanol–water partition coefficient (Wildman–Crippen LogP) is 4.10. The number of nitrogens with one attached hydrogen (secondary N) is 3. The number of carbonyl (C=O) groups excluding carboxylic acids is 1. The van der Waals surface area contributed by atoms with Gasteiger partial charge in [0.15, 0.2) is 5.96 Å². The highest BCUT2D eigenvalue weighted by atomic mass is 127. The van der Waals surface area contributed by atoms with E-state index in [1.165, 1.54) is 5.56 Å². The summed E-state index contributed by atoms with van der Waals surface area (Å²) in [6.07, 6.45) is 2.29. The van der Waals surface area contributed by atoms with Crippen molar-refractivity contribution in [3.05, 3.63) is 70.2 Å². The zero-order valence-electron chi connectivity index (χ0n) is 16.8. The van der Waals surface area contributed by atoms with Crippen LogP contribution in [0.25, 0.3) is 0 Å². The molecular weight excluding hydrogens is 499 g/mol. The predicted molar refractivity (Wildman–Crippen MR) is 130 cm³/mol. The van der Waals surface area contributed by atoms with Gasteiger partial charge in [0.1, 0.15) is 0 Å². The van der Waals surface area contributed by atoms with Gasteiger partial charge in [-0.05, 0) is 55.2 Å². The van der Waals surface area contributed by atoms with Crippen LogP contribution in [0.1, 0.15) is 41.3 Å². The van der Waals surface area contributed by atoms with E-state index in [4.69, 9.17) is 11.6 Å². The van der Waals surface area contributed by atoms with Crippen molar-refractivity contribution >= 4 is 47.4 Å². The maximum Gasteiger partial charge on any atom is 0.251 e. The zero-order valence-corrected chi connectivity index (χ0v) is 19.9. The second kappa shape index (κ2) is 10.8. The molecule has 0 radical (unpaired) electrons. The van der Waals surface area contributed by atoms with Crippen LogP contribution in [-0.2, 0) is 12.0 Å². The number of aliphatic imine (C=N–C) groups is 1. The molecule has 5 nitrogen and oxygen atoms in total. The Kier molecular flexibility index (Phi) is 8.77. The Morgan fingerprint density at radius 1 is 1.10 bits per heavy atom. The average molecular weight is 527 g/mol. The minimum Gasteiger partial charge on any atom is -0.356 e. The van der Waals surface area contributed by atoms with Crippen LogP contribution in [0.3, 0.4) is 0 Å². The summed E-state index contributed by atoms with van der Waals surface area (Å²) in [4.78, 5) is 16.3. The molecule has 1 aliphatic carbocycles. The van der Waals surface area contributed by atoms with Crippen molar-refractivity contribution in [3.8, 4) is 0 Å². The first-order chi connectivity index (χ1) is 13.6. The lowest BCUT2D eigenvalue weighted by atomic mass is 9.96. The number of hydrogen-bond donors (Lipinski definition) is 3. The van der Waals surface area contributed by atoms with Crippen LogP contribution >= 0.6 is 35.6 Å². The normalized spacial score (nSPS) is 14.5. The van der Waals surface area contributed by atoms with Crippen molar-refractivity contribution in [2.45, 2.75) is 31.7 Å². The van der Waals surface area contributed by atoms with E-state index in [9.17, 15) is 4.79 Å². The van der Waals surface area contributed by atoms with E-state index in [0.717, 1.165) is 35.9 Å². The topological polar surface area (TPSA) is 65.5 Å². The van der Waals surface area contributed by atoms with Gasteiger partial charge in [-0.25, -0.2) is 0 Å². The second-order valence-electron chi connectivity index (χ2n) is 7.13. The quantitative estimate of drug-likeness (QED) is 0.289. The molecule has 7 heteroatoms. The molecule has 0 heterocycles. The van der Waals surface area contributed by atoms with Crippen molar-refractivity contribution in [3.63, 3.8) is 0 Å². The Morgan fingerprint density at radius 2 is 1.86 bits per heavy atom. The van der Waals surface area contributed by atoms with Gasteiger partial charge < -0.3 is 16.0 Å². The fourth-order valence-electron chi connectivity index (χ4n) is 3.28. The molecule has 156 valence electrons. The lowest BCUT2D eigenvalue weighted by molar-refractivity contribution is 0.0955. The number of guanidine groups is 1. The van der Waals surface area contributed by atoms with E-state index in [1.54, 1.807) is 7.05 Å². The first-order valence-corrected chi connectivity index (χ1v) is 10.0. The molecule has 2 aromatic carbocycles. The van der Waals surface area contributed by atoms with Gasteiger partial charge in [-0.15, -0.1) is 24.0 Å². The van der Waals surface area contributed by atoms with Gasteiger partial charge in [0, 0.05) is 42.7 Å². The molecule has 0 bridgehead atoms. The van der Waals surface area contributed by atoms with Crippen LogP contribution in [0.2, 0.25) is 5.02 Å². The number of rotatable bonds is 7. The largest absolute Gasteiger partial charge is 0.356 e. The number of carbonyl (C=O) groups is 1. The molecule has 2 aromatic rings. The lowest BCUT2D eigenvalue weighted by Crippen LogP contribution is -2.40. The van der Waals surface area contributed by atoms with Crippen molar-refractivity contribution in [1.82, 2.24) is 16.0 Å². The highest BCUT2D eigenvalue weighted by molar-refractivity contribution is 14.0. The first kappa shape index (κ1) is 23.5. The van der Waals surface area contributed by atoms with Crippen LogP contribution in [-0.4, -0.2) is 32.0 Å². The van der Waals surface area contributed by atoms with Crippen molar-refractivity contribution in [1.29, 1.82) is 0 Å². The minimum atomic E-state index is -0.0518. The zero-order chi connectivity index (χ0) is 20.0. The Labute approximate surface area is 194 Å². The molecule has 0 aliphatic heterocycles. The summed E-state index contributed by atoms with van der Waals surface area (Å²) in [5.41, 5.74) is 3.11. The molecule has 0 unspecified atom stereocenters. The number of halogens is 2. The summed E-state index contributed by atoms with van der Waals surface area (Å²) in [5, 5.41) is 10.4. The molecule has 0 atom stereocenters. The second-order valence-corrected chi connectivity index (χ2v) is 7.57. The van der Waals surface area contributed by atoms with Gasteiger partial charge in [0.05, 0.1) is 0 Å². The van der Waals surface area contributed by atoms with Crippen LogP contribution < -0.4 is 16.0 Å². The lowest BCUT2D eigenvalue weighted by Gasteiger charge is -2.19. The summed E-state index contributed by atoms with van der Waals surface area (Å²) in [6, 6.07) is 15.7. The Balaban J connectivity index is 0.00000300. The Morgan fingerprint density at radius 3 is 2.52 bits per heavy atom. The summed E-state index contributed by atoms with van der Waals surface area (Å²) in [7, 11) is 1.76. The average Bonchev–Trinajstić information content (AvgIpc) is 3.50. The third kappa shape index (κ3) is 6.34. The molecule has 3 N–H and O–H groups in total. The molecule has 0 aromatic heterocycles. The van der Waals surface area contributed by atoms with Gasteiger partial charge in [-0.3, -0.25) is 9.79 Å². The molecule has 0 saturated heterocycles. The third-order valence-electron chi connectivity index (χ3n) is 5.09. The van der Waals surface area contributed by atoms with E-state index < -0.39 is 0 Å². The number of nitrogens with zero attached hydrogens (tertiary/aromatic N) is 1. The van der Waals surface area contributed by atoms with Crippen molar-refractivity contribution in [2.75, 3.05) is 20.1 Å². The van der Waals surface area contributed by atoms with E-state index in [0.29, 0.717) is 18.7 Å². The number of hydrogen-bond acceptors (Lipinski definition) is 2. The van der Waals surface area contributed by atoms with Crippen LogP contribution in [0, 0.1) is 0 Å². The molecule has 0 spiro atoms. The Hall–Kier alpha value is -1.80. The molecular formula is C22H28ClIN4O. The highest BCUT2D eigenvalue weighted by Gasteiger charge is 2.44. The van der Waals surface area contributed by atoms with E-state index in [-0.39, 0.29) is 35.3 Å². The van der Waals surface area contributed by atoms with E-state index in [2.05, 4.69) is 33.1 Å². The van der Waals surface area contributed by atoms with Crippen LogP contribution in [0.4, 0.5) is 0 Å². The van der Waals surface area contributed by atoms with E-state index >= 15 is 0 Å². The molecule has 1 aliphatic rings. The smallest absolute Gasteiger partial charge is 0.251 e. The number of benzene rings is 2. The Bertz CT molecular complexity index is 867. The molecule has 29 heavy (non-hydrogen) atoms. The number of amides is 1. The maximum absolute atomic E-state index is 12.0. The summed E-state index contributed by atoms with van der Waals surface area (Å²) < 4.78 is 0. The highest BCUT2D eigenvalue weighted by Crippen LogP contribution is 2.48. The van der Waals surface area contributed by atoms with Crippen LogP contribution in [0.5, 0.6) is 0 Å². The van der Waals surface area contributed by atoms with Crippen LogP contribution in [0.15, 0.2) is 53.5 Å². The summed E-state index contributed by atoms with van der Waals surface area (Å²) in [5.74, 6) is 0.695. The minimum absolute atomic E-state index is 0. The fraction of sp³-hybridized carbons (Fsp3) is 0.364. The monoisotopic (exact) mass is 526 g/mol.